The van der Waals surface area contributed by atoms with E-state index >= 15 is 0 Å². The second-order valence-electron chi connectivity index (χ2n) is 19.6. The molecule has 0 unspecified atom stereocenters. The van der Waals surface area contributed by atoms with Crippen molar-refractivity contribution in [2.24, 2.45) is 0 Å². The predicted octanol–water partition coefficient (Wildman–Crippen LogP) is 18.0. The number of halogens is 12. The van der Waals surface area contributed by atoms with Crippen molar-refractivity contribution in [3.8, 4) is 79.3 Å². The quantitative estimate of drug-likeness (QED) is 0.112. The highest BCUT2D eigenvalue weighted by atomic mass is 19.2. The number of benzene rings is 5. The number of anilines is 1. The highest BCUT2D eigenvalue weighted by molar-refractivity contribution is 5.68. The molecule has 12 rings (SSSR count). The van der Waals surface area contributed by atoms with Crippen molar-refractivity contribution < 1.29 is 52.7 Å². The van der Waals surface area contributed by atoms with E-state index in [4.69, 9.17) is 10.5 Å². The molecule has 0 saturated carbocycles. The van der Waals surface area contributed by atoms with Gasteiger partial charge in [-0.05, 0) is 152 Å². The first-order valence-corrected chi connectivity index (χ1v) is 27.3. The smallest absolute Gasteiger partial charge is 0.223 e. The van der Waals surface area contributed by atoms with Crippen LogP contribution in [0, 0.1) is 107 Å². The van der Waals surface area contributed by atoms with Gasteiger partial charge >= 0.3 is 0 Å². The molecule has 5 aromatic carbocycles. The molecule has 0 N–H and O–H groups in total. The van der Waals surface area contributed by atoms with Gasteiger partial charge in [0.2, 0.25) is 11.9 Å². The lowest BCUT2D eigenvalue weighted by molar-refractivity contribution is 0.515. The molecular weight excluding hydrogens is 1220 g/mol. The zero-order valence-electron chi connectivity index (χ0n) is 49.3. The third-order valence-corrected chi connectivity index (χ3v) is 12.8. The van der Waals surface area contributed by atoms with Gasteiger partial charge in [-0.2, -0.15) is 24.3 Å². The second-order valence-corrected chi connectivity index (χ2v) is 19.6. The lowest BCUT2D eigenvalue weighted by Gasteiger charge is -2.13. The van der Waals surface area contributed by atoms with E-state index in [0.717, 1.165) is 53.2 Å². The van der Waals surface area contributed by atoms with Gasteiger partial charge in [-0.15, -0.1) is 0 Å². The molecule has 10 nitrogen and oxygen atoms in total. The summed E-state index contributed by atoms with van der Waals surface area (Å²) in [4.78, 5) is 28.7. The molecule has 22 heteroatoms. The molecule has 7 aromatic heterocycles. The third-order valence-electron chi connectivity index (χ3n) is 12.8. The Balaban J connectivity index is 0.000000158. The van der Waals surface area contributed by atoms with Gasteiger partial charge in [0.1, 0.15) is 69.8 Å². The summed E-state index contributed by atoms with van der Waals surface area (Å²) in [6.45, 7) is 3.72. The minimum Gasteiger partial charge on any atom is -0.378 e. The Kier molecular flexibility index (Phi) is 24.4. The van der Waals surface area contributed by atoms with Crippen LogP contribution in [-0.2, 0) is 0 Å². The molecule has 0 atom stereocenters. The molecule has 0 aliphatic heterocycles. The predicted molar refractivity (Wildman–Crippen MR) is 329 cm³/mol. The van der Waals surface area contributed by atoms with E-state index in [2.05, 4.69) is 34.9 Å². The van der Waals surface area contributed by atoms with Crippen LogP contribution in [0.1, 0.15) is 22.3 Å². The Morgan fingerprint density at radius 2 is 0.817 bits per heavy atom. The zero-order valence-corrected chi connectivity index (χ0v) is 49.3. The van der Waals surface area contributed by atoms with Gasteiger partial charge < -0.3 is 4.90 Å². The summed E-state index contributed by atoms with van der Waals surface area (Å²) in [6.07, 6.45) is 14.0. The molecule has 0 fully saturated rings. The fraction of sp³-hybridized carbons (Fsp3) is 0.0563. The average molecular weight is 1270 g/mol. The number of rotatable bonds is 7. The van der Waals surface area contributed by atoms with Crippen LogP contribution in [0.15, 0.2) is 220 Å². The number of nitriles is 2. The molecule has 93 heavy (non-hydrogen) atoms. The average Bonchev–Trinajstić information content (AvgIpc) is 1.03. The lowest BCUT2D eigenvalue weighted by Crippen LogP contribution is -2.08. The molecule has 0 amide bonds. The van der Waals surface area contributed by atoms with Crippen molar-refractivity contribution in [1.82, 2.24) is 34.9 Å². The number of hydrogen-bond donors (Lipinski definition) is 0. The highest BCUT2D eigenvalue weighted by Gasteiger charge is 2.17. The van der Waals surface area contributed by atoms with Crippen LogP contribution in [0.4, 0.5) is 58.4 Å². The standard InChI is InChI=1S/C13H12F2N2.C13H8F2N2.C12H6F2N2.C12H9F2N.C11H7F2N.C10H6F2N2/c1-17(2)10-5-6-16-13(8-10)11-4-3-9(14)7-12(11)15;1-8-4-9(7-17-6-8)10-2-3-12(14)11(5-16)13(10)15;13-11-4-3-9(12(14)10(11)6-15)8-2-1-5-16-7-8;1-8-4-5-15-12(6-8)10-3-2-9(13)7-11(10)14;12-8-4-5-9(10(13)7-8)11-3-1-2-6-14-11;11-9-4-3-8(10(12)14-9)7-2-1-5-13-6-7/h3-8H,1-2H3;2-4,6-7H,1H3;1-5,7H;2-7H,1H3;1-7H;1-6H. The van der Waals surface area contributed by atoms with Crippen LogP contribution in [0.2, 0.25) is 0 Å². The van der Waals surface area contributed by atoms with Crippen molar-refractivity contribution >= 4 is 5.69 Å². The Labute approximate surface area is 525 Å². The van der Waals surface area contributed by atoms with E-state index < -0.39 is 81.2 Å². The van der Waals surface area contributed by atoms with Crippen LogP contribution in [-0.4, -0.2) is 49.0 Å². The van der Waals surface area contributed by atoms with Crippen molar-refractivity contribution in [2.75, 3.05) is 19.0 Å². The first-order chi connectivity index (χ1) is 44.6. The summed E-state index contributed by atoms with van der Waals surface area (Å²) in [5, 5.41) is 17.3. The van der Waals surface area contributed by atoms with Crippen molar-refractivity contribution in [3.63, 3.8) is 0 Å². The van der Waals surface area contributed by atoms with Crippen LogP contribution in [0.5, 0.6) is 0 Å². The fourth-order valence-corrected chi connectivity index (χ4v) is 8.27. The molecule has 0 bridgehead atoms. The minimum atomic E-state index is -0.854. The number of hydrogen-bond acceptors (Lipinski definition) is 10. The number of aryl methyl sites for hydroxylation is 2. The van der Waals surface area contributed by atoms with Crippen LogP contribution in [0.25, 0.3) is 67.2 Å². The third kappa shape index (κ3) is 19.1. The lowest BCUT2D eigenvalue weighted by atomic mass is 10.0. The molecule has 0 saturated heterocycles. The monoisotopic (exact) mass is 1270 g/mol. The first kappa shape index (κ1) is 68.6. The van der Waals surface area contributed by atoms with E-state index in [-0.39, 0.29) is 16.7 Å². The fourth-order valence-electron chi connectivity index (χ4n) is 8.27. The molecule has 12 aromatic rings. The molecule has 0 aliphatic rings. The summed E-state index contributed by atoms with van der Waals surface area (Å²) >= 11 is 0. The van der Waals surface area contributed by atoms with Gasteiger partial charge in [0, 0.05) is 144 Å². The van der Waals surface area contributed by atoms with Gasteiger partial charge in [-0.25, -0.2) is 43.9 Å². The SMILES string of the molecule is CN(C)c1ccnc(-c2ccc(F)cc2F)c1.Cc1ccnc(-c2ccc(F)cc2F)c1.Cc1cncc(-c2ccc(F)c(C#N)c2F)c1.Fc1ccc(-c2ccccn2)c(F)c1.Fc1ccc(-c2cccnc2)c(F)n1.N#Cc1c(F)ccc(-c2cccnc2)c1F. The number of nitrogens with zero attached hydrogens (tertiary/aromatic N) is 10. The Hall–Kier alpha value is -11.9. The Morgan fingerprint density at radius 3 is 1.27 bits per heavy atom. The van der Waals surface area contributed by atoms with Crippen LogP contribution in [0.3, 0.4) is 0 Å². The van der Waals surface area contributed by atoms with Gasteiger partial charge in [0.15, 0.2) is 11.6 Å². The zero-order chi connectivity index (χ0) is 67.1. The summed E-state index contributed by atoms with van der Waals surface area (Å²) in [7, 11) is 3.78. The molecule has 0 radical (unpaired) electrons. The van der Waals surface area contributed by atoms with Gasteiger partial charge in [-0.3, -0.25) is 29.9 Å². The minimum absolute atomic E-state index is 0.172. The van der Waals surface area contributed by atoms with E-state index in [9.17, 15) is 52.7 Å². The summed E-state index contributed by atoms with van der Waals surface area (Å²) < 4.78 is 158. The van der Waals surface area contributed by atoms with Crippen molar-refractivity contribution in [3.05, 3.63) is 312 Å². The topological polar surface area (TPSA) is 141 Å². The number of pyridine rings is 7. The largest absolute Gasteiger partial charge is 0.378 e. The van der Waals surface area contributed by atoms with Crippen LogP contribution < -0.4 is 4.90 Å². The van der Waals surface area contributed by atoms with Crippen molar-refractivity contribution in [2.45, 2.75) is 13.8 Å². The van der Waals surface area contributed by atoms with E-state index in [0.29, 0.717) is 50.5 Å². The highest BCUT2D eigenvalue weighted by Crippen LogP contribution is 2.30. The first-order valence-electron chi connectivity index (χ1n) is 27.3. The van der Waals surface area contributed by atoms with E-state index in [1.165, 1.54) is 85.3 Å². The summed E-state index contributed by atoms with van der Waals surface area (Å²) in [5.74, 6) is -8.59. The van der Waals surface area contributed by atoms with Gasteiger partial charge in [0.05, 0.1) is 17.1 Å². The van der Waals surface area contributed by atoms with Crippen molar-refractivity contribution in [1.29, 1.82) is 10.5 Å². The van der Waals surface area contributed by atoms with Gasteiger partial charge in [-0.1, -0.05) is 18.2 Å². The van der Waals surface area contributed by atoms with E-state index in [1.807, 2.05) is 45.0 Å². The maximum atomic E-state index is 13.9. The summed E-state index contributed by atoms with van der Waals surface area (Å²) in [5.41, 5.74) is 6.31. The molecule has 0 spiro atoms. The Morgan fingerprint density at radius 1 is 0.355 bits per heavy atom. The summed E-state index contributed by atoms with van der Waals surface area (Å²) in [6, 6.07) is 41.4. The molecular formula is C71H48F12N10. The Bertz CT molecular complexity index is 4510. The second kappa shape index (κ2) is 33.1. The molecule has 7 heterocycles. The van der Waals surface area contributed by atoms with Gasteiger partial charge in [0.25, 0.3) is 0 Å². The number of aromatic nitrogens is 7. The normalized spacial score (nSPS) is 10.1. The van der Waals surface area contributed by atoms with Crippen LogP contribution >= 0.6 is 0 Å². The molecule has 466 valence electrons. The maximum absolute atomic E-state index is 13.9. The van der Waals surface area contributed by atoms with E-state index in [1.54, 1.807) is 97.8 Å². The maximum Gasteiger partial charge on any atom is 0.223 e. The molecule has 0 aliphatic carbocycles.